The molecular weight excluding hydrogens is 568 g/mol. The summed E-state index contributed by atoms with van der Waals surface area (Å²) in [5, 5.41) is 13.9. The zero-order chi connectivity index (χ0) is 32.0. The number of hydrogen-bond donors (Lipinski definition) is 3. The van der Waals surface area contributed by atoms with Crippen molar-refractivity contribution in [3.05, 3.63) is 95.1 Å². The molecule has 45 heavy (non-hydrogen) atoms. The van der Waals surface area contributed by atoms with E-state index in [4.69, 9.17) is 10.6 Å². The number of ether oxygens (including phenoxy) is 1. The summed E-state index contributed by atoms with van der Waals surface area (Å²) in [6, 6.07) is 22.8. The second-order valence-corrected chi connectivity index (χ2v) is 10.9. The van der Waals surface area contributed by atoms with Crippen molar-refractivity contribution in [1.29, 1.82) is 0 Å². The van der Waals surface area contributed by atoms with Crippen LogP contribution in [0.5, 0.6) is 0 Å². The molecule has 1 aliphatic heterocycles. The summed E-state index contributed by atoms with van der Waals surface area (Å²) in [5.41, 5.74) is 5.68. The van der Waals surface area contributed by atoms with Gasteiger partial charge < -0.3 is 26.1 Å². The molecule has 3 aromatic rings. The molecule has 0 aliphatic carbocycles. The van der Waals surface area contributed by atoms with Crippen LogP contribution in [-0.2, 0) is 20.9 Å². The first-order valence-corrected chi connectivity index (χ1v) is 15.5. The fourth-order valence-corrected chi connectivity index (χ4v) is 5.19. The van der Waals surface area contributed by atoms with E-state index in [0.717, 1.165) is 40.8 Å². The van der Waals surface area contributed by atoms with Gasteiger partial charge in [0, 0.05) is 49.3 Å². The summed E-state index contributed by atoms with van der Waals surface area (Å²) < 4.78 is 5.29. The van der Waals surface area contributed by atoms with Crippen LogP contribution >= 0.6 is 0 Å². The van der Waals surface area contributed by atoms with E-state index in [-0.39, 0.29) is 30.8 Å². The highest BCUT2D eigenvalue weighted by molar-refractivity contribution is 5.99. The number of rotatable bonds is 14. The lowest BCUT2D eigenvalue weighted by molar-refractivity contribution is -0.145. The van der Waals surface area contributed by atoms with Crippen LogP contribution in [0, 0.1) is 0 Å². The van der Waals surface area contributed by atoms with Gasteiger partial charge in [0.25, 0.3) is 5.91 Å². The van der Waals surface area contributed by atoms with Crippen LogP contribution in [0.4, 0.5) is 5.69 Å². The molecule has 1 unspecified atom stereocenters. The molecule has 0 spiro atoms. The lowest BCUT2D eigenvalue weighted by atomic mass is 10.00. The smallest absolute Gasteiger partial charge is 0.306 e. The van der Waals surface area contributed by atoms with E-state index in [9.17, 15) is 14.4 Å². The van der Waals surface area contributed by atoms with E-state index in [1.165, 1.54) is 0 Å². The predicted octanol–water partition coefficient (Wildman–Crippen LogP) is 6.11. The van der Waals surface area contributed by atoms with E-state index < -0.39 is 6.17 Å². The Morgan fingerprint density at radius 3 is 2.38 bits per heavy atom. The van der Waals surface area contributed by atoms with Gasteiger partial charge >= 0.3 is 5.97 Å². The maximum absolute atomic E-state index is 13.4. The molecule has 1 atom stereocenters. The number of nitrogens with zero attached hydrogens (tertiary/aromatic N) is 3. The van der Waals surface area contributed by atoms with Crippen molar-refractivity contribution in [2.75, 3.05) is 25.0 Å². The molecule has 10 nitrogen and oxygen atoms in total. The summed E-state index contributed by atoms with van der Waals surface area (Å²) in [7, 11) is 0. The molecule has 0 fully saturated rings. The van der Waals surface area contributed by atoms with Gasteiger partial charge in [0.05, 0.1) is 0 Å². The molecule has 1 aliphatic rings. The molecule has 0 radical (unpaired) electrons. The molecule has 4 rings (SSSR count). The highest BCUT2D eigenvalue weighted by Crippen LogP contribution is 2.32. The number of anilines is 1. The van der Waals surface area contributed by atoms with Gasteiger partial charge in [-0.2, -0.15) is 0 Å². The number of esters is 1. The minimum absolute atomic E-state index is 0.00602. The number of nitrogens with two attached hydrogens (primary N) is 1. The van der Waals surface area contributed by atoms with Crippen molar-refractivity contribution in [3.63, 3.8) is 0 Å². The Morgan fingerprint density at radius 2 is 1.69 bits per heavy atom. The number of hydrogen-bond acceptors (Lipinski definition) is 7. The molecule has 10 heteroatoms. The molecule has 236 valence electrons. The van der Waals surface area contributed by atoms with E-state index in [1.54, 1.807) is 12.1 Å². The first-order valence-electron chi connectivity index (χ1n) is 15.5. The van der Waals surface area contributed by atoms with Crippen molar-refractivity contribution < 1.29 is 19.1 Å². The molecule has 3 aromatic carbocycles. The first-order chi connectivity index (χ1) is 21.9. The van der Waals surface area contributed by atoms with Crippen LogP contribution in [0.15, 0.2) is 88.7 Å². The average molecular weight is 611 g/mol. The standard InChI is InChI=1S/C35H42N6O4/c1-3-19-41(20-4-2)35(44)30-21-29-17-16-28(22-31(29)38-32(23-30)39-40-36)26-12-14-27(15-13-26)34(43)37-18-8-11-33(42)45-24-25-9-6-5-7-10-25/h5-7,9-10,12-17,21-22,32,38H,3-4,8,11,18-20,23-24H2,1-2H3,(H2,36,39)(H,37,43). The normalized spacial score (nSPS) is 14.1. The number of amides is 2. The minimum atomic E-state index is -0.483. The largest absolute Gasteiger partial charge is 0.461 e. The number of fused-ring (bicyclic) bond motifs is 1. The SMILES string of the molecule is CCCN(CCC)C(=O)C1=Cc2ccc(-c3ccc(C(=O)NCCCC(=O)OCc4ccccc4)cc3)cc2NC(N=NN)C1. The molecule has 0 bridgehead atoms. The molecule has 0 aromatic heterocycles. The molecular formula is C35H42N6O4. The van der Waals surface area contributed by atoms with Crippen molar-refractivity contribution >= 4 is 29.5 Å². The van der Waals surface area contributed by atoms with Crippen LogP contribution in [-0.4, -0.2) is 48.5 Å². The summed E-state index contributed by atoms with van der Waals surface area (Å²) >= 11 is 0. The lowest BCUT2D eigenvalue weighted by Crippen LogP contribution is -2.34. The van der Waals surface area contributed by atoms with Gasteiger partial charge in [0.1, 0.15) is 12.8 Å². The van der Waals surface area contributed by atoms with Gasteiger partial charge in [-0.05, 0) is 65.8 Å². The maximum Gasteiger partial charge on any atom is 0.306 e. The third-order valence-electron chi connectivity index (χ3n) is 7.44. The third kappa shape index (κ3) is 9.50. The predicted molar refractivity (Wildman–Crippen MR) is 176 cm³/mol. The van der Waals surface area contributed by atoms with Gasteiger partial charge in [-0.3, -0.25) is 14.4 Å². The highest BCUT2D eigenvalue weighted by atomic mass is 16.5. The highest BCUT2D eigenvalue weighted by Gasteiger charge is 2.24. The number of nitrogens with one attached hydrogen (secondary N) is 2. The van der Waals surface area contributed by atoms with Gasteiger partial charge in [0.15, 0.2) is 0 Å². The molecule has 0 saturated heterocycles. The van der Waals surface area contributed by atoms with Crippen LogP contribution < -0.4 is 16.5 Å². The number of benzene rings is 3. The van der Waals surface area contributed by atoms with Crippen LogP contribution in [0.2, 0.25) is 0 Å². The molecule has 0 saturated carbocycles. The zero-order valence-corrected chi connectivity index (χ0v) is 26.0. The Hall–Kier alpha value is -4.99. The van der Waals surface area contributed by atoms with Crippen molar-refractivity contribution in [2.45, 2.75) is 58.7 Å². The Labute approximate surface area is 264 Å². The van der Waals surface area contributed by atoms with Crippen LogP contribution in [0.3, 0.4) is 0 Å². The quantitative estimate of drug-likeness (QED) is 0.0662. The summed E-state index contributed by atoms with van der Waals surface area (Å²) in [6.45, 7) is 6.14. The summed E-state index contributed by atoms with van der Waals surface area (Å²) in [5.74, 6) is 4.91. The van der Waals surface area contributed by atoms with Crippen molar-refractivity contribution in [1.82, 2.24) is 10.2 Å². The average Bonchev–Trinajstić information content (AvgIpc) is 3.24. The van der Waals surface area contributed by atoms with Gasteiger partial charge in [-0.15, -0.1) is 5.11 Å². The van der Waals surface area contributed by atoms with E-state index >= 15 is 0 Å². The monoisotopic (exact) mass is 610 g/mol. The van der Waals surface area contributed by atoms with Gasteiger partial charge in [-0.25, -0.2) is 0 Å². The lowest BCUT2D eigenvalue weighted by Gasteiger charge is -2.23. The van der Waals surface area contributed by atoms with Crippen LogP contribution in [0.1, 0.15) is 67.4 Å². The van der Waals surface area contributed by atoms with Crippen molar-refractivity contribution in [3.8, 4) is 11.1 Å². The zero-order valence-electron chi connectivity index (χ0n) is 26.0. The number of carbonyl (C=O) groups excluding carboxylic acids is 3. The first kappa shape index (κ1) is 32.9. The Kier molecular flexibility index (Phi) is 12.2. The van der Waals surface area contributed by atoms with E-state index in [0.29, 0.717) is 43.6 Å². The minimum Gasteiger partial charge on any atom is -0.461 e. The maximum atomic E-state index is 13.4. The van der Waals surface area contributed by atoms with E-state index in [2.05, 4.69) is 34.8 Å². The molecule has 2 amide bonds. The van der Waals surface area contributed by atoms with Gasteiger partial charge in [-0.1, -0.05) is 73.7 Å². The Morgan fingerprint density at radius 1 is 0.978 bits per heavy atom. The third-order valence-corrected chi connectivity index (χ3v) is 7.44. The second-order valence-electron chi connectivity index (χ2n) is 10.9. The summed E-state index contributed by atoms with van der Waals surface area (Å²) in [6.07, 6.45) is 4.30. The van der Waals surface area contributed by atoms with Gasteiger partial charge in [0.2, 0.25) is 5.91 Å². The van der Waals surface area contributed by atoms with Crippen LogP contribution in [0.25, 0.3) is 17.2 Å². The number of carbonyl (C=O) groups is 3. The topological polar surface area (TPSA) is 138 Å². The fraction of sp³-hybridized carbons (Fsp3) is 0.343. The fourth-order valence-electron chi connectivity index (χ4n) is 5.19. The molecule has 4 N–H and O–H groups in total. The Bertz CT molecular complexity index is 1500. The molecule has 1 heterocycles. The Balaban J connectivity index is 1.37. The summed E-state index contributed by atoms with van der Waals surface area (Å²) in [4.78, 5) is 40.0. The second kappa shape index (κ2) is 16.7. The van der Waals surface area contributed by atoms with E-state index in [1.807, 2.05) is 71.6 Å². The van der Waals surface area contributed by atoms with Crippen molar-refractivity contribution in [2.24, 2.45) is 16.2 Å².